The second-order valence-electron chi connectivity index (χ2n) is 7.67. The highest BCUT2D eigenvalue weighted by Gasteiger charge is 2.25. The molecule has 1 aromatic heterocycles. The zero-order chi connectivity index (χ0) is 21.3. The number of hydrogen-bond acceptors (Lipinski definition) is 4. The van der Waals surface area contributed by atoms with E-state index in [0.717, 1.165) is 34.9 Å². The molecule has 2 aromatic carbocycles. The van der Waals surface area contributed by atoms with Gasteiger partial charge in [-0.25, -0.2) is 0 Å². The van der Waals surface area contributed by atoms with Gasteiger partial charge in [0.25, 0.3) is 5.91 Å². The number of halogens is 1. The minimum Gasteiger partial charge on any atom is -0.457 e. The molecule has 1 saturated carbocycles. The van der Waals surface area contributed by atoms with Crippen LogP contribution in [-0.4, -0.2) is 22.7 Å². The van der Waals surface area contributed by atoms with E-state index in [4.69, 9.17) is 16.3 Å². The zero-order valence-corrected chi connectivity index (χ0v) is 17.8. The van der Waals surface area contributed by atoms with E-state index in [2.05, 4.69) is 10.3 Å². The number of carbonyl (C=O) groups excluding carboxylic acids is 2. The Bertz CT molecular complexity index is 1140. The quantitative estimate of drug-likeness (QED) is 0.553. The van der Waals surface area contributed by atoms with E-state index in [1.54, 1.807) is 24.4 Å². The fraction of sp³-hybridized carbons (Fsp3) is 0.292. The summed E-state index contributed by atoms with van der Waals surface area (Å²) in [6, 6.07) is 11.1. The molecule has 1 amide bonds. The van der Waals surface area contributed by atoms with Gasteiger partial charge in [0.2, 0.25) is 0 Å². The maximum atomic E-state index is 12.6. The molecule has 0 aliphatic heterocycles. The number of nitrogens with one attached hydrogen (secondary N) is 1. The Balaban J connectivity index is 1.64. The lowest BCUT2D eigenvalue weighted by Gasteiger charge is -2.13. The second-order valence-corrected chi connectivity index (χ2v) is 8.07. The van der Waals surface area contributed by atoms with Crippen molar-refractivity contribution in [2.24, 2.45) is 0 Å². The summed E-state index contributed by atoms with van der Waals surface area (Å²) in [6.07, 6.45) is 4.54. The molecule has 30 heavy (non-hydrogen) atoms. The number of carbonyl (C=O) groups is 2. The lowest BCUT2D eigenvalue weighted by atomic mass is 10.0. The minimum atomic E-state index is -0.0697. The largest absolute Gasteiger partial charge is 0.457 e. The van der Waals surface area contributed by atoms with Crippen LogP contribution in [0.1, 0.15) is 47.7 Å². The summed E-state index contributed by atoms with van der Waals surface area (Å²) in [7, 11) is 0. The highest BCUT2D eigenvalue weighted by Crippen LogP contribution is 2.33. The summed E-state index contributed by atoms with van der Waals surface area (Å²) in [6.45, 7) is 3.75. The Hall–Kier alpha value is -2.92. The maximum Gasteiger partial charge on any atom is 0.251 e. The molecule has 0 spiro atoms. The molecule has 154 valence electrons. The Morgan fingerprint density at radius 2 is 2.00 bits per heavy atom. The van der Waals surface area contributed by atoms with Gasteiger partial charge in [0, 0.05) is 41.1 Å². The fourth-order valence-electron chi connectivity index (χ4n) is 3.30. The second kappa shape index (κ2) is 8.44. The molecule has 0 atom stereocenters. The Kier molecular flexibility index (Phi) is 5.73. The van der Waals surface area contributed by atoms with E-state index in [-0.39, 0.29) is 17.7 Å². The molecular weight excluding hydrogens is 400 g/mol. The van der Waals surface area contributed by atoms with E-state index >= 15 is 0 Å². The Morgan fingerprint density at radius 3 is 2.70 bits per heavy atom. The summed E-state index contributed by atoms with van der Waals surface area (Å²) in [5, 5.41) is 4.28. The molecule has 0 bridgehead atoms. The van der Waals surface area contributed by atoms with Crippen LogP contribution in [0.4, 0.5) is 0 Å². The smallest absolute Gasteiger partial charge is 0.251 e. The topological polar surface area (TPSA) is 68.3 Å². The number of Topliss-reactive ketones (excluding diaryl/α,β-unsaturated/α-hetero) is 1. The van der Waals surface area contributed by atoms with Gasteiger partial charge in [0.05, 0.1) is 5.52 Å². The average Bonchev–Trinajstić information content (AvgIpc) is 3.53. The van der Waals surface area contributed by atoms with Gasteiger partial charge in [-0.1, -0.05) is 24.6 Å². The molecule has 6 heteroatoms. The molecule has 1 heterocycles. The molecule has 1 fully saturated rings. The van der Waals surface area contributed by atoms with Crippen LogP contribution in [0.25, 0.3) is 10.9 Å². The first-order valence-corrected chi connectivity index (χ1v) is 10.5. The predicted octanol–water partition coefficient (Wildman–Crippen LogP) is 5.40. The van der Waals surface area contributed by atoms with Crippen molar-refractivity contribution in [1.29, 1.82) is 0 Å². The van der Waals surface area contributed by atoms with Crippen molar-refractivity contribution in [2.75, 3.05) is 0 Å². The molecule has 1 N–H and O–H groups in total. The first-order valence-electron chi connectivity index (χ1n) is 10.1. The van der Waals surface area contributed by atoms with Crippen LogP contribution in [0.15, 0.2) is 42.6 Å². The van der Waals surface area contributed by atoms with Gasteiger partial charge in [-0.2, -0.15) is 0 Å². The monoisotopic (exact) mass is 422 g/mol. The predicted molar refractivity (Wildman–Crippen MR) is 117 cm³/mol. The van der Waals surface area contributed by atoms with Crippen molar-refractivity contribution in [3.63, 3.8) is 0 Å². The third-order valence-corrected chi connectivity index (χ3v) is 5.59. The van der Waals surface area contributed by atoms with Crippen molar-refractivity contribution in [2.45, 2.75) is 45.6 Å². The Labute approximate surface area is 180 Å². The SMILES string of the molecule is CCC(=O)Cc1ccc(Oc2ccnc3cc(C)c(C(=O)NC4CC4)cc23)cc1Cl. The number of fused-ring (bicyclic) bond motifs is 1. The van der Waals surface area contributed by atoms with Crippen LogP contribution in [-0.2, 0) is 11.2 Å². The summed E-state index contributed by atoms with van der Waals surface area (Å²) < 4.78 is 6.09. The molecular formula is C24H23ClN2O3. The molecule has 1 aliphatic carbocycles. The van der Waals surface area contributed by atoms with E-state index in [0.29, 0.717) is 34.9 Å². The highest BCUT2D eigenvalue weighted by molar-refractivity contribution is 6.31. The van der Waals surface area contributed by atoms with Crippen molar-refractivity contribution in [3.05, 3.63) is 64.3 Å². The van der Waals surface area contributed by atoms with Crippen LogP contribution < -0.4 is 10.1 Å². The number of ether oxygens (including phenoxy) is 1. The van der Waals surface area contributed by atoms with Crippen molar-refractivity contribution >= 4 is 34.2 Å². The van der Waals surface area contributed by atoms with Gasteiger partial charge in [-0.05, 0) is 61.2 Å². The van der Waals surface area contributed by atoms with Gasteiger partial charge in [-0.15, -0.1) is 0 Å². The molecule has 3 aromatic rings. The lowest BCUT2D eigenvalue weighted by Crippen LogP contribution is -2.26. The zero-order valence-electron chi connectivity index (χ0n) is 17.0. The fourth-order valence-corrected chi connectivity index (χ4v) is 3.53. The summed E-state index contributed by atoms with van der Waals surface area (Å²) >= 11 is 6.36. The number of aromatic nitrogens is 1. The van der Waals surface area contributed by atoms with Gasteiger partial charge in [-0.3, -0.25) is 14.6 Å². The number of pyridine rings is 1. The standard InChI is InChI=1S/C24H23ClN2O3/c1-3-17(28)11-15-4-7-18(12-21(15)25)30-23-8-9-26-22-10-14(2)19(13-20(22)23)24(29)27-16-5-6-16/h4,7-10,12-13,16H,3,5-6,11H2,1-2H3,(H,27,29). The van der Waals surface area contributed by atoms with Crippen LogP contribution in [0, 0.1) is 6.92 Å². The molecule has 5 nitrogen and oxygen atoms in total. The Morgan fingerprint density at radius 1 is 1.20 bits per heavy atom. The van der Waals surface area contributed by atoms with Gasteiger partial charge < -0.3 is 10.1 Å². The van der Waals surface area contributed by atoms with Gasteiger partial charge in [0.1, 0.15) is 17.3 Å². The number of nitrogens with zero attached hydrogens (tertiary/aromatic N) is 1. The number of aryl methyl sites for hydroxylation is 1. The first kappa shape index (κ1) is 20.4. The van der Waals surface area contributed by atoms with Crippen LogP contribution in [0.2, 0.25) is 5.02 Å². The molecule has 4 rings (SSSR count). The third-order valence-electron chi connectivity index (χ3n) is 5.24. The first-order chi connectivity index (χ1) is 14.4. The average molecular weight is 423 g/mol. The number of hydrogen-bond donors (Lipinski definition) is 1. The van der Waals surface area contributed by atoms with E-state index < -0.39 is 0 Å². The van der Waals surface area contributed by atoms with Gasteiger partial charge >= 0.3 is 0 Å². The van der Waals surface area contributed by atoms with Crippen molar-refractivity contribution in [1.82, 2.24) is 10.3 Å². The summed E-state index contributed by atoms with van der Waals surface area (Å²) in [5.41, 5.74) is 3.03. The van der Waals surface area contributed by atoms with Crippen LogP contribution in [0.3, 0.4) is 0 Å². The molecule has 1 aliphatic rings. The molecule has 0 unspecified atom stereocenters. The third kappa shape index (κ3) is 4.46. The van der Waals surface area contributed by atoms with E-state index in [9.17, 15) is 9.59 Å². The lowest BCUT2D eigenvalue weighted by molar-refractivity contribution is -0.118. The summed E-state index contributed by atoms with van der Waals surface area (Å²) in [5.74, 6) is 1.22. The molecule has 0 radical (unpaired) electrons. The van der Waals surface area contributed by atoms with E-state index in [1.807, 2.05) is 32.0 Å². The van der Waals surface area contributed by atoms with Crippen LogP contribution in [0.5, 0.6) is 11.5 Å². The maximum absolute atomic E-state index is 12.6. The van der Waals surface area contributed by atoms with Crippen molar-refractivity contribution in [3.8, 4) is 11.5 Å². The number of ketones is 1. The minimum absolute atomic E-state index is 0.0697. The normalized spacial score (nSPS) is 13.3. The number of rotatable bonds is 7. The van der Waals surface area contributed by atoms with E-state index in [1.165, 1.54) is 0 Å². The van der Waals surface area contributed by atoms with Gasteiger partial charge in [0.15, 0.2) is 0 Å². The number of amides is 1. The van der Waals surface area contributed by atoms with Crippen molar-refractivity contribution < 1.29 is 14.3 Å². The summed E-state index contributed by atoms with van der Waals surface area (Å²) in [4.78, 5) is 28.7. The number of benzene rings is 2. The molecule has 0 saturated heterocycles. The highest BCUT2D eigenvalue weighted by atomic mass is 35.5. The van der Waals surface area contributed by atoms with Crippen LogP contribution >= 0.6 is 11.6 Å².